The Morgan fingerprint density at radius 3 is 2.59 bits per heavy atom. The van der Waals surface area contributed by atoms with Crippen molar-refractivity contribution in [2.24, 2.45) is 0 Å². The minimum atomic E-state index is -0.847. The maximum absolute atomic E-state index is 12.1. The SMILES string of the molecule is COCC(CN1CC(=O)NC(C)(C)C1=O)OC. The zero-order valence-corrected chi connectivity index (χ0v) is 10.8. The molecule has 1 aliphatic rings. The molecule has 6 heteroatoms. The van der Waals surface area contributed by atoms with E-state index in [2.05, 4.69) is 5.32 Å². The van der Waals surface area contributed by atoms with Gasteiger partial charge in [0, 0.05) is 20.8 Å². The number of carbonyl (C=O) groups is 2. The van der Waals surface area contributed by atoms with Crippen molar-refractivity contribution in [2.75, 3.05) is 33.9 Å². The zero-order chi connectivity index (χ0) is 13.1. The Balaban J connectivity index is 2.68. The average Bonchev–Trinajstić information content (AvgIpc) is 2.23. The van der Waals surface area contributed by atoms with Crippen molar-refractivity contribution in [1.29, 1.82) is 0 Å². The van der Waals surface area contributed by atoms with Crippen LogP contribution in [0.3, 0.4) is 0 Å². The first-order valence-corrected chi connectivity index (χ1v) is 5.53. The molecule has 0 radical (unpaired) electrons. The third-order valence-electron chi connectivity index (χ3n) is 2.72. The molecular weight excluding hydrogens is 224 g/mol. The molecule has 0 aromatic rings. The van der Waals surface area contributed by atoms with Gasteiger partial charge in [-0.2, -0.15) is 0 Å². The Morgan fingerprint density at radius 1 is 1.41 bits per heavy atom. The Labute approximate surface area is 101 Å². The summed E-state index contributed by atoms with van der Waals surface area (Å²) in [6.07, 6.45) is -0.217. The summed E-state index contributed by atoms with van der Waals surface area (Å²) in [7, 11) is 3.13. The smallest absolute Gasteiger partial charge is 0.248 e. The summed E-state index contributed by atoms with van der Waals surface area (Å²) in [4.78, 5) is 25.1. The summed E-state index contributed by atoms with van der Waals surface area (Å²) in [5.41, 5.74) is -0.847. The molecule has 0 aromatic carbocycles. The number of rotatable bonds is 5. The quantitative estimate of drug-likeness (QED) is 0.700. The normalized spacial score (nSPS) is 21.3. The molecular formula is C11H20N2O4. The lowest BCUT2D eigenvalue weighted by atomic mass is 10.0. The molecule has 0 aliphatic carbocycles. The van der Waals surface area contributed by atoms with Crippen molar-refractivity contribution >= 4 is 11.8 Å². The van der Waals surface area contributed by atoms with Crippen LogP contribution < -0.4 is 5.32 Å². The van der Waals surface area contributed by atoms with Gasteiger partial charge in [-0.15, -0.1) is 0 Å². The van der Waals surface area contributed by atoms with E-state index < -0.39 is 5.54 Å². The lowest BCUT2D eigenvalue weighted by Crippen LogP contribution is -2.64. The first kappa shape index (κ1) is 13.9. The van der Waals surface area contributed by atoms with Crippen LogP contribution in [0.25, 0.3) is 0 Å². The molecule has 0 spiro atoms. The van der Waals surface area contributed by atoms with Crippen LogP contribution in [0.15, 0.2) is 0 Å². The van der Waals surface area contributed by atoms with Crippen molar-refractivity contribution in [2.45, 2.75) is 25.5 Å². The lowest BCUT2D eigenvalue weighted by Gasteiger charge is -2.38. The summed E-state index contributed by atoms with van der Waals surface area (Å²) < 4.78 is 10.2. The molecule has 2 amide bonds. The van der Waals surface area contributed by atoms with Crippen molar-refractivity contribution in [3.8, 4) is 0 Å². The summed E-state index contributed by atoms with van der Waals surface area (Å²) in [6, 6.07) is 0. The third kappa shape index (κ3) is 3.41. The van der Waals surface area contributed by atoms with Gasteiger partial charge < -0.3 is 19.7 Å². The van der Waals surface area contributed by atoms with E-state index in [-0.39, 0.29) is 24.5 Å². The first-order valence-electron chi connectivity index (χ1n) is 5.53. The fourth-order valence-corrected chi connectivity index (χ4v) is 1.86. The van der Waals surface area contributed by atoms with Crippen LogP contribution in [-0.4, -0.2) is 62.3 Å². The molecule has 0 bridgehead atoms. The van der Waals surface area contributed by atoms with E-state index in [4.69, 9.17) is 9.47 Å². The topological polar surface area (TPSA) is 67.9 Å². The van der Waals surface area contributed by atoms with Crippen molar-refractivity contribution < 1.29 is 19.1 Å². The molecule has 98 valence electrons. The van der Waals surface area contributed by atoms with Crippen LogP contribution in [0, 0.1) is 0 Å². The van der Waals surface area contributed by atoms with E-state index in [1.165, 1.54) is 4.90 Å². The van der Waals surface area contributed by atoms with Gasteiger partial charge in [0.15, 0.2) is 0 Å². The fraction of sp³-hybridized carbons (Fsp3) is 0.818. The van der Waals surface area contributed by atoms with Gasteiger partial charge in [0.2, 0.25) is 11.8 Å². The van der Waals surface area contributed by atoms with E-state index in [9.17, 15) is 9.59 Å². The van der Waals surface area contributed by atoms with Crippen LogP contribution in [0.5, 0.6) is 0 Å². The van der Waals surface area contributed by atoms with Crippen molar-refractivity contribution in [1.82, 2.24) is 10.2 Å². The molecule has 1 unspecified atom stereocenters. The number of ether oxygens (including phenoxy) is 2. The Bertz CT molecular complexity index is 304. The van der Waals surface area contributed by atoms with Crippen molar-refractivity contribution in [3.05, 3.63) is 0 Å². The van der Waals surface area contributed by atoms with E-state index in [1.54, 1.807) is 28.1 Å². The van der Waals surface area contributed by atoms with E-state index in [0.717, 1.165) is 0 Å². The van der Waals surface area contributed by atoms with Gasteiger partial charge in [-0.25, -0.2) is 0 Å². The number of piperazine rings is 1. The lowest BCUT2D eigenvalue weighted by molar-refractivity contribution is -0.150. The second kappa shape index (κ2) is 5.46. The monoisotopic (exact) mass is 244 g/mol. The largest absolute Gasteiger partial charge is 0.382 e. The van der Waals surface area contributed by atoms with E-state index in [1.807, 2.05) is 0 Å². The maximum atomic E-state index is 12.1. The molecule has 1 heterocycles. The summed E-state index contributed by atoms with van der Waals surface area (Å²) in [5.74, 6) is -0.253. The van der Waals surface area contributed by atoms with Gasteiger partial charge in [0.05, 0.1) is 19.3 Å². The first-order chi connectivity index (χ1) is 7.90. The summed E-state index contributed by atoms with van der Waals surface area (Å²) in [6.45, 7) is 4.21. The Hall–Kier alpha value is -1.14. The highest BCUT2D eigenvalue weighted by Crippen LogP contribution is 2.13. The number of nitrogens with zero attached hydrogens (tertiary/aromatic N) is 1. The average molecular weight is 244 g/mol. The van der Waals surface area contributed by atoms with Crippen LogP contribution in [0.1, 0.15) is 13.8 Å². The third-order valence-corrected chi connectivity index (χ3v) is 2.72. The van der Waals surface area contributed by atoms with E-state index >= 15 is 0 Å². The molecule has 1 atom stereocenters. The van der Waals surface area contributed by atoms with Crippen molar-refractivity contribution in [3.63, 3.8) is 0 Å². The molecule has 6 nitrogen and oxygen atoms in total. The maximum Gasteiger partial charge on any atom is 0.248 e. The molecule has 1 rings (SSSR count). The molecule has 0 aromatic heterocycles. The van der Waals surface area contributed by atoms with Gasteiger partial charge in [-0.05, 0) is 13.8 Å². The summed E-state index contributed by atoms with van der Waals surface area (Å²) >= 11 is 0. The zero-order valence-electron chi connectivity index (χ0n) is 10.8. The number of amides is 2. The van der Waals surface area contributed by atoms with E-state index in [0.29, 0.717) is 13.2 Å². The molecule has 1 N–H and O–H groups in total. The number of carbonyl (C=O) groups excluding carboxylic acids is 2. The molecule has 1 saturated heterocycles. The highest BCUT2D eigenvalue weighted by atomic mass is 16.5. The second-order valence-corrected chi connectivity index (χ2v) is 4.67. The number of hydrogen-bond acceptors (Lipinski definition) is 4. The fourth-order valence-electron chi connectivity index (χ4n) is 1.86. The highest BCUT2D eigenvalue weighted by molar-refractivity contribution is 5.97. The van der Waals surface area contributed by atoms with Gasteiger partial charge >= 0.3 is 0 Å². The van der Waals surface area contributed by atoms with Gasteiger partial charge in [-0.3, -0.25) is 9.59 Å². The van der Waals surface area contributed by atoms with Crippen LogP contribution in [-0.2, 0) is 19.1 Å². The van der Waals surface area contributed by atoms with Crippen LogP contribution in [0.2, 0.25) is 0 Å². The summed E-state index contributed by atoms with van der Waals surface area (Å²) in [5, 5.41) is 2.66. The molecule has 1 fully saturated rings. The molecule has 0 saturated carbocycles. The standard InChI is InChI=1S/C11H20N2O4/c1-11(2)10(15)13(6-9(14)12-11)5-8(17-4)7-16-3/h8H,5-7H2,1-4H3,(H,12,14). The predicted molar refractivity (Wildman–Crippen MR) is 61.5 cm³/mol. The predicted octanol–water partition coefficient (Wildman–Crippen LogP) is -0.615. The molecule has 1 aliphatic heterocycles. The molecule has 17 heavy (non-hydrogen) atoms. The number of methoxy groups -OCH3 is 2. The Morgan fingerprint density at radius 2 is 2.06 bits per heavy atom. The van der Waals surface area contributed by atoms with Crippen LogP contribution >= 0.6 is 0 Å². The highest BCUT2D eigenvalue weighted by Gasteiger charge is 2.39. The van der Waals surface area contributed by atoms with Gasteiger partial charge in [-0.1, -0.05) is 0 Å². The van der Waals surface area contributed by atoms with Gasteiger partial charge in [0.25, 0.3) is 0 Å². The van der Waals surface area contributed by atoms with Gasteiger partial charge in [0.1, 0.15) is 5.54 Å². The number of hydrogen-bond donors (Lipinski definition) is 1. The second-order valence-electron chi connectivity index (χ2n) is 4.67. The minimum Gasteiger partial charge on any atom is -0.382 e. The Kier molecular flexibility index (Phi) is 4.47. The number of nitrogens with one attached hydrogen (secondary N) is 1. The van der Waals surface area contributed by atoms with Crippen LogP contribution in [0.4, 0.5) is 0 Å². The minimum absolute atomic E-state index is 0.0752.